The zero-order valence-electron chi connectivity index (χ0n) is 14.4. The quantitative estimate of drug-likeness (QED) is 0.493. The highest BCUT2D eigenvalue weighted by Crippen LogP contribution is 2.28. The van der Waals surface area contributed by atoms with Gasteiger partial charge in [0.05, 0.1) is 0 Å². The van der Waals surface area contributed by atoms with Crippen LogP contribution in [0, 0.1) is 0 Å². The van der Waals surface area contributed by atoms with Crippen molar-refractivity contribution in [3.05, 3.63) is 85.5 Å². The number of benzene rings is 3. The normalized spacial score (nSPS) is 10.9. The van der Waals surface area contributed by atoms with Gasteiger partial charge in [0.1, 0.15) is 24.7 Å². The topological polar surface area (TPSA) is 18.5 Å². The molecule has 0 heterocycles. The first kappa shape index (κ1) is 16.8. The minimum Gasteiger partial charge on any atom is -0.490 e. The van der Waals surface area contributed by atoms with Crippen LogP contribution < -0.4 is 9.47 Å². The Morgan fingerprint density at radius 3 is 2.16 bits per heavy atom. The van der Waals surface area contributed by atoms with E-state index >= 15 is 0 Å². The van der Waals surface area contributed by atoms with Crippen LogP contribution in [0.2, 0.25) is 0 Å². The Morgan fingerprint density at radius 1 is 0.760 bits per heavy atom. The molecular weight excluding hydrogens is 308 g/mol. The first-order chi connectivity index (χ1) is 12.3. The summed E-state index contributed by atoms with van der Waals surface area (Å²) in [5.74, 6) is 1.74. The van der Waals surface area contributed by atoms with Crippen LogP contribution in [0.5, 0.6) is 11.5 Å². The summed E-state index contributed by atoms with van der Waals surface area (Å²) in [6, 6.07) is 20.8. The summed E-state index contributed by atoms with van der Waals surface area (Å²) in [5, 5.41) is 2.36. The van der Waals surface area contributed by atoms with Crippen LogP contribution in [0.4, 0.5) is 0 Å². The third kappa shape index (κ3) is 4.30. The Morgan fingerprint density at radius 2 is 1.40 bits per heavy atom. The van der Waals surface area contributed by atoms with Crippen LogP contribution >= 0.6 is 0 Å². The molecule has 0 radical (unpaired) electrons. The number of hydrogen-bond acceptors (Lipinski definition) is 2. The standard InChI is InChI=1S/C23H22O2/c1-3-5-15-25-22-11-8-18(9-12-22)19-6-7-21-17-23(24-14-4-2)13-10-20(21)16-19/h3-13,16-17H,2,14-15H2,1H3. The van der Waals surface area contributed by atoms with Gasteiger partial charge in [-0.2, -0.15) is 0 Å². The molecule has 2 heteroatoms. The fraction of sp³-hybridized carbons (Fsp3) is 0.130. The van der Waals surface area contributed by atoms with Crippen LogP contribution in [0.3, 0.4) is 0 Å². The zero-order chi connectivity index (χ0) is 17.5. The van der Waals surface area contributed by atoms with Crippen LogP contribution in [-0.2, 0) is 0 Å². The molecular formula is C23H22O2. The first-order valence-electron chi connectivity index (χ1n) is 8.42. The third-order valence-corrected chi connectivity index (χ3v) is 3.95. The molecule has 0 spiro atoms. The van der Waals surface area contributed by atoms with E-state index in [-0.39, 0.29) is 0 Å². The van der Waals surface area contributed by atoms with Crippen LogP contribution in [0.1, 0.15) is 6.92 Å². The van der Waals surface area contributed by atoms with Crippen molar-refractivity contribution in [2.45, 2.75) is 6.92 Å². The van der Waals surface area contributed by atoms with Gasteiger partial charge < -0.3 is 9.47 Å². The van der Waals surface area contributed by atoms with Crippen LogP contribution in [-0.4, -0.2) is 13.2 Å². The summed E-state index contributed by atoms with van der Waals surface area (Å²) in [6.45, 7) is 6.78. The Bertz CT molecular complexity index is 876. The molecule has 0 aliphatic heterocycles. The summed E-state index contributed by atoms with van der Waals surface area (Å²) in [5.41, 5.74) is 2.36. The predicted octanol–water partition coefficient (Wildman–Crippen LogP) is 6.03. The van der Waals surface area contributed by atoms with Gasteiger partial charge in [0.15, 0.2) is 0 Å². The molecule has 0 unspecified atom stereocenters. The van der Waals surface area contributed by atoms with Crippen molar-refractivity contribution in [1.29, 1.82) is 0 Å². The lowest BCUT2D eigenvalue weighted by atomic mass is 10.0. The van der Waals surface area contributed by atoms with Crippen LogP contribution in [0.15, 0.2) is 85.5 Å². The van der Waals surface area contributed by atoms with Crippen molar-refractivity contribution in [3.8, 4) is 22.6 Å². The van der Waals surface area contributed by atoms with Gasteiger partial charge in [0, 0.05) is 0 Å². The van der Waals surface area contributed by atoms with Gasteiger partial charge >= 0.3 is 0 Å². The number of fused-ring (bicyclic) bond motifs is 1. The largest absolute Gasteiger partial charge is 0.490 e. The fourth-order valence-electron chi connectivity index (χ4n) is 2.63. The number of hydrogen-bond donors (Lipinski definition) is 0. The molecule has 0 saturated heterocycles. The van der Waals surface area contributed by atoms with E-state index in [0.29, 0.717) is 13.2 Å². The van der Waals surface area contributed by atoms with E-state index in [1.165, 1.54) is 16.5 Å². The first-order valence-corrected chi connectivity index (χ1v) is 8.42. The zero-order valence-corrected chi connectivity index (χ0v) is 14.4. The molecule has 0 aliphatic carbocycles. The summed E-state index contributed by atoms with van der Waals surface area (Å²) in [4.78, 5) is 0. The average Bonchev–Trinajstić information content (AvgIpc) is 2.66. The lowest BCUT2D eigenvalue weighted by molar-refractivity contribution is 0.363. The van der Waals surface area contributed by atoms with E-state index in [1.54, 1.807) is 6.08 Å². The maximum absolute atomic E-state index is 5.65. The van der Waals surface area contributed by atoms with Gasteiger partial charge in [-0.25, -0.2) is 0 Å². The summed E-state index contributed by atoms with van der Waals surface area (Å²) < 4.78 is 11.2. The van der Waals surface area contributed by atoms with Crippen molar-refractivity contribution in [3.63, 3.8) is 0 Å². The molecule has 0 bridgehead atoms. The highest BCUT2D eigenvalue weighted by molar-refractivity contribution is 5.88. The van der Waals surface area contributed by atoms with Crippen molar-refractivity contribution in [2.24, 2.45) is 0 Å². The molecule has 0 N–H and O–H groups in total. The SMILES string of the molecule is C=CCOc1ccc2cc(-c3ccc(OCC=CC)cc3)ccc2c1. The van der Waals surface area contributed by atoms with E-state index in [4.69, 9.17) is 9.47 Å². The van der Waals surface area contributed by atoms with Gasteiger partial charge in [-0.15, -0.1) is 0 Å². The maximum Gasteiger partial charge on any atom is 0.120 e. The van der Waals surface area contributed by atoms with Gasteiger partial charge in [0.25, 0.3) is 0 Å². The van der Waals surface area contributed by atoms with Crippen molar-refractivity contribution < 1.29 is 9.47 Å². The molecule has 0 amide bonds. The Labute approximate surface area is 149 Å². The van der Waals surface area contributed by atoms with Gasteiger partial charge in [-0.3, -0.25) is 0 Å². The van der Waals surface area contributed by atoms with Gasteiger partial charge in [-0.1, -0.05) is 55.1 Å². The molecule has 0 aliphatic rings. The van der Waals surface area contributed by atoms with E-state index in [0.717, 1.165) is 16.9 Å². The molecule has 3 rings (SSSR count). The lowest BCUT2D eigenvalue weighted by Gasteiger charge is -2.08. The molecule has 3 aromatic rings. The highest BCUT2D eigenvalue weighted by atomic mass is 16.5. The Balaban J connectivity index is 1.80. The maximum atomic E-state index is 5.65. The van der Waals surface area contributed by atoms with Crippen LogP contribution in [0.25, 0.3) is 21.9 Å². The number of allylic oxidation sites excluding steroid dienone is 1. The summed E-state index contributed by atoms with van der Waals surface area (Å²) in [7, 11) is 0. The number of rotatable bonds is 7. The Hall–Kier alpha value is -3.00. The highest BCUT2D eigenvalue weighted by Gasteiger charge is 2.02. The molecule has 126 valence electrons. The summed E-state index contributed by atoms with van der Waals surface area (Å²) >= 11 is 0. The van der Waals surface area contributed by atoms with Gasteiger partial charge in [0.2, 0.25) is 0 Å². The van der Waals surface area contributed by atoms with E-state index in [9.17, 15) is 0 Å². The second-order valence-corrected chi connectivity index (χ2v) is 5.73. The van der Waals surface area contributed by atoms with Crippen molar-refractivity contribution in [1.82, 2.24) is 0 Å². The second kappa shape index (κ2) is 8.20. The molecule has 0 fully saturated rings. The minimum atomic E-state index is 0.520. The van der Waals surface area contributed by atoms with E-state index in [2.05, 4.69) is 49.0 Å². The molecule has 0 aromatic heterocycles. The predicted molar refractivity (Wildman–Crippen MR) is 105 cm³/mol. The Kier molecular flexibility index (Phi) is 5.53. The summed E-state index contributed by atoms with van der Waals surface area (Å²) in [6.07, 6.45) is 5.72. The average molecular weight is 330 g/mol. The van der Waals surface area contributed by atoms with Crippen molar-refractivity contribution in [2.75, 3.05) is 13.2 Å². The second-order valence-electron chi connectivity index (χ2n) is 5.73. The van der Waals surface area contributed by atoms with Crippen molar-refractivity contribution >= 4 is 10.8 Å². The number of ether oxygens (including phenoxy) is 2. The molecule has 25 heavy (non-hydrogen) atoms. The fourth-order valence-corrected chi connectivity index (χ4v) is 2.63. The lowest BCUT2D eigenvalue weighted by Crippen LogP contribution is -1.93. The minimum absolute atomic E-state index is 0.520. The molecule has 3 aromatic carbocycles. The molecule has 0 saturated carbocycles. The smallest absolute Gasteiger partial charge is 0.120 e. The van der Waals surface area contributed by atoms with E-state index < -0.39 is 0 Å². The third-order valence-electron chi connectivity index (χ3n) is 3.95. The molecule has 0 atom stereocenters. The van der Waals surface area contributed by atoms with Gasteiger partial charge in [-0.05, 0) is 59.2 Å². The van der Waals surface area contributed by atoms with E-state index in [1.807, 2.05) is 37.3 Å². The molecule has 2 nitrogen and oxygen atoms in total. The monoisotopic (exact) mass is 330 g/mol.